The second-order valence-corrected chi connectivity index (χ2v) is 24.4. The summed E-state index contributed by atoms with van der Waals surface area (Å²) in [5.74, 6) is 3.71. The third-order valence-electron chi connectivity index (χ3n) is 17.9. The van der Waals surface area contributed by atoms with Crippen molar-refractivity contribution in [1.82, 2.24) is 39.0 Å². The van der Waals surface area contributed by atoms with E-state index >= 15 is 0 Å². The third-order valence-corrected chi connectivity index (χ3v) is 19.1. The van der Waals surface area contributed by atoms with Gasteiger partial charge in [0, 0.05) is 86.5 Å². The molecular weight excluding hydrogens is 1150 g/mol. The molecule has 5 heterocycles. The van der Waals surface area contributed by atoms with E-state index in [1.165, 1.54) is 52.8 Å². The van der Waals surface area contributed by atoms with E-state index in [-0.39, 0.29) is 0 Å². The molecule has 0 N–H and O–H groups in total. The number of aromatic nitrogens is 8. The Hall–Kier alpha value is -12.3. The standard InChI is InChI=1S/C84H52N8S/c1-4-19-55(20-5-1)79-85-80(56-21-6-2-7-22-56)87-82(86-79)58-39-37-53(38-40-58)54-41-46-64(47-42-54)92-73-34-14-11-29-70(73)77-65(30-18-35-75(77)92)60-25-16-26-62(51-60)84-89-81(57-23-8-3-9-24-57)88-83(90-84)59-43-48-63(49-44-59)91-72-33-13-10-27-67(72)71-52-61(45-50-74(71)91)66-31-17-32-69-68-28-12-15-36-76(68)93-78(66)69/h1-52H. The van der Waals surface area contributed by atoms with Crippen LogP contribution in [-0.4, -0.2) is 39.0 Å². The van der Waals surface area contributed by atoms with E-state index in [0.29, 0.717) is 34.9 Å². The van der Waals surface area contributed by atoms with Crippen LogP contribution in [0, 0.1) is 0 Å². The van der Waals surface area contributed by atoms with Crippen molar-refractivity contribution in [3.05, 3.63) is 315 Å². The third kappa shape index (κ3) is 9.45. The van der Waals surface area contributed by atoms with Crippen LogP contribution in [0.2, 0.25) is 0 Å². The van der Waals surface area contributed by atoms with E-state index in [4.69, 9.17) is 29.9 Å². The fourth-order valence-corrected chi connectivity index (χ4v) is 14.7. The van der Waals surface area contributed by atoms with Crippen LogP contribution in [0.1, 0.15) is 0 Å². The Bertz CT molecular complexity index is 5840. The molecule has 0 atom stereocenters. The van der Waals surface area contributed by atoms with Gasteiger partial charge in [0.15, 0.2) is 34.9 Å². The van der Waals surface area contributed by atoms with E-state index in [2.05, 4.69) is 246 Å². The highest BCUT2D eigenvalue weighted by atomic mass is 32.1. The van der Waals surface area contributed by atoms with Crippen molar-refractivity contribution in [1.29, 1.82) is 0 Å². The largest absolute Gasteiger partial charge is 0.309 e. The fraction of sp³-hybridized carbons (Fsp3) is 0. The number of para-hydroxylation sites is 2. The highest BCUT2D eigenvalue weighted by Gasteiger charge is 2.21. The first-order valence-electron chi connectivity index (χ1n) is 31.2. The molecule has 8 nitrogen and oxygen atoms in total. The smallest absolute Gasteiger partial charge is 0.164 e. The first kappa shape index (κ1) is 53.7. The Morgan fingerprint density at radius 1 is 0.215 bits per heavy atom. The van der Waals surface area contributed by atoms with Gasteiger partial charge in [0.2, 0.25) is 0 Å². The number of nitrogens with zero attached hydrogens (tertiary/aromatic N) is 8. The Labute approximate surface area is 539 Å². The van der Waals surface area contributed by atoms with Gasteiger partial charge in [0.1, 0.15) is 0 Å². The summed E-state index contributed by atoms with van der Waals surface area (Å²) in [6.45, 7) is 0. The summed E-state index contributed by atoms with van der Waals surface area (Å²) < 4.78 is 7.37. The second kappa shape index (κ2) is 22.3. The Morgan fingerprint density at radius 2 is 0.581 bits per heavy atom. The van der Waals surface area contributed by atoms with Gasteiger partial charge in [-0.1, -0.05) is 237 Å². The molecule has 0 amide bonds. The number of benzene rings is 13. The van der Waals surface area contributed by atoms with Crippen molar-refractivity contribution in [2.45, 2.75) is 0 Å². The molecule has 13 aromatic carbocycles. The number of hydrogen-bond donors (Lipinski definition) is 0. The van der Waals surface area contributed by atoms with Gasteiger partial charge in [-0.05, 0) is 112 Å². The van der Waals surface area contributed by atoms with Crippen LogP contribution in [0.5, 0.6) is 0 Å². The molecule has 93 heavy (non-hydrogen) atoms. The lowest BCUT2D eigenvalue weighted by Crippen LogP contribution is -2.00. The molecule has 0 spiro atoms. The van der Waals surface area contributed by atoms with Gasteiger partial charge in [-0.3, -0.25) is 0 Å². The molecule has 0 aliphatic rings. The molecule has 0 saturated carbocycles. The van der Waals surface area contributed by atoms with Crippen LogP contribution in [0.3, 0.4) is 0 Å². The Kier molecular flexibility index (Phi) is 12.9. The minimum absolute atomic E-state index is 0.596. The quantitative estimate of drug-likeness (QED) is 0.128. The van der Waals surface area contributed by atoms with E-state index in [1.54, 1.807) is 0 Å². The summed E-state index contributed by atoms with van der Waals surface area (Å²) in [5, 5.41) is 7.37. The van der Waals surface area contributed by atoms with E-state index in [1.807, 2.05) is 90.2 Å². The second-order valence-electron chi connectivity index (χ2n) is 23.4. The molecule has 18 rings (SSSR count). The number of hydrogen-bond acceptors (Lipinski definition) is 7. The minimum atomic E-state index is 0.596. The lowest BCUT2D eigenvalue weighted by atomic mass is 9.97. The normalized spacial score (nSPS) is 11.7. The molecule has 0 aliphatic carbocycles. The van der Waals surface area contributed by atoms with Gasteiger partial charge in [0.05, 0.1) is 22.1 Å². The molecule has 9 heteroatoms. The molecule has 5 aromatic heterocycles. The molecule has 0 unspecified atom stereocenters. The van der Waals surface area contributed by atoms with Crippen molar-refractivity contribution in [3.8, 4) is 113 Å². The lowest BCUT2D eigenvalue weighted by Gasteiger charge is -2.12. The van der Waals surface area contributed by atoms with Gasteiger partial charge in [-0.15, -0.1) is 11.3 Å². The zero-order valence-corrected chi connectivity index (χ0v) is 50.8. The van der Waals surface area contributed by atoms with Crippen molar-refractivity contribution in [2.24, 2.45) is 0 Å². The molecular formula is C84H52N8S. The van der Waals surface area contributed by atoms with Crippen LogP contribution >= 0.6 is 11.3 Å². The van der Waals surface area contributed by atoms with Gasteiger partial charge in [-0.2, -0.15) is 0 Å². The SMILES string of the molecule is c1ccc(-c2nc(-c3ccccc3)nc(-c3ccc(-c4ccc(-n5c6ccccc6c6c(-c7cccc(-c8nc(-c9ccccc9)nc(-c9ccc(-n%10c%11ccccc%11c%11cc(-c%12cccc%13c%12sc%12ccccc%12%13)ccc%11%10)cc9)n8)c7)cccc65)cc4)cc3)n2)cc1. The summed E-state index contributed by atoms with van der Waals surface area (Å²) >= 11 is 1.87. The Morgan fingerprint density at radius 3 is 1.18 bits per heavy atom. The van der Waals surface area contributed by atoms with E-state index < -0.39 is 0 Å². The summed E-state index contributed by atoms with van der Waals surface area (Å²) in [4.78, 5) is 30.5. The summed E-state index contributed by atoms with van der Waals surface area (Å²) in [5.41, 5.74) is 19.0. The fourth-order valence-electron chi connectivity index (χ4n) is 13.4. The summed E-state index contributed by atoms with van der Waals surface area (Å²) in [6, 6.07) is 111. The highest BCUT2D eigenvalue weighted by molar-refractivity contribution is 7.26. The van der Waals surface area contributed by atoms with Crippen LogP contribution in [0.25, 0.3) is 177 Å². The lowest BCUT2D eigenvalue weighted by molar-refractivity contribution is 1.07. The monoisotopic (exact) mass is 1200 g/mol. The maximum atomic E-state index is 5.29. The topological polar surface area (TPSA) is 87.2 Å². The predicted octanol–water partition coefficient (Wildman–Crippen LogP) is 21.6. The van der Waals surface area contributed by atoms with Crippen molar-refractivity contribution < 1.29 is 0 Å². The maximum absolute atomic E-state index is 5.29. The molecule has 0 fully saturated rings. The zero-order valence-electron chi connectivity index (χ0n) is 50.0. The first-order valence-corrected chi connectivity index (χ1v) is 32.0. The van der Waals surface area contributed by atoms with E-state index in [0.717, 1.165) is 89.1 Å². The minimum Gasteiger partial charge on any atom is -0.309 e. The molecule has 0 saturated heterocycles. The summed E-state index contributed by atoms with van der Waals surface area (Å²) in [7, 11) is 0. The number of rotatable bonds is 11. The maximum Gasteiger partial charge on any atom is 0.164 e. The van der Waals surface area contributed by atoms with Gasteiger partial charge in [-0.25, -0.2) is 29.9 Å². The molecule has 434 valence electrons. The van der Waals surface area contributed by atoms with Gasteiger partial charge >= 0.3 is 0 Å². The van der Waals surface area contributed by atoms with Gasteiger partial charge < -0.3 is 9.13 Å². The van der Waals surface area contributed by atoms with Crippen molar-refractivity contribution >= 4 is 75.1 Å². The highest BCUT2D eigenvalue weighted by Crippen LogP contribution is 2.44. The summed E-state index contributed by atoms with van der Waals surface area (Å²) in [6.07, 6.45) is 0. The van der Waals surface area contributed by atoms with Crippen LogP contribution in [0.15, 0.2) is 315 Å². The average molecular weight is 1210 g/mol. The number of fused-ring (bicyclic) bond motifs is 9. The van der Waals surface area contributed by atoms with Crippen LogP contribution < -0.4 is 0 Å². The van der Waals surface area contributed by atoms with E-state index in [9.17, 15) is 0 Å². The number of thiophene rings is 1. The predicted molar refractivity (Wildman–Crippen MR) is 384 cm³/mol. The molecule has 0 bridgehead atoms. The van der Waals surface area contributed by atoms with Crippen LogP contribution in [-0.2, 0) is 0 Å². The van der Waals surface area contributed by atoms with Crippen LogP contribution in [0.4, 0.5) is 0 Å². The first-order chi connectivity index (χ1) is 46.1. The molecule has 0 radical (unpaired) electrons. The Balaban J connectivity index is 0.670. The zero-order chi connectivity index (χ0) is 61.3. The van der Waals surface area contributed by atoms with Gasteiger partial charge in [0.25, 0.3) is 0 Å². The average Bonchev–Trinajstić information content (AvgIpc) is 1.62. The van der Waals surface area contributed by atoms with Crippen molar-refractivity contribution in [3.63, 3.8) is 0 Å². The molecule has 0 aliphatic heterocycles. The van der Waals surface area contributed by atoms with Crippen molar-refractivity contribution in [2.75, 3.05) is 0 Å². The molecule has 18 aromatic rings.